The number of carboxylic acids is 2. The summed E-state index contributed by atoms with van der Waals surface area (Å²) in [6.07, 6.45) is 5.83. The monoisotopic (exact) mass is 718 g/mol. The van der Waals surface area contributed by atoms with Gasteiger partial charge in [-0.05, 0) is 72.8 Å². The van der Waals surface area contributed by atoms with Crippen LogP contribution >= 0.6 is 23.4 Å². The average Bonchev–Trinajstić information content (AvgIpc) is 3.11. The number of aliphatic carboxylic acids is 2. The number of thioether (sulfide) groups is 1. The summed E-state index contributed by atoms with van der Waals surface area (Å²) in [5.74, 6) is 1.20. The quantitative estimate of drug-likeness (QED) is 0.125. The number of carboxylic acid groups (broad SMARTS) is 2. The van der Waals surface area contributed by atoms with Crippen molar-refractivity contribution in [2.45, 2.75) is 63.3 Å². The van der Waals surface area contributed by atoms with Gasteiger partial charge >= 0.3 is 11.9 Å². The van der Waals surface area contributed by atoms with Crippen LogP contribution in [0.4, 0.5) is 0 Å². The van der Waals surface area contributed by atoms with E-state index in [1.165, 1.54) is 11.8 Å². The Morgan fingerprint density at radius 1 is 0.960 bits per heavy atom. The second-order valence-electron chi connectivity index (χ2n) is 12.3. The maximum atomic E-state index is 12.1. The summed E-state index contributed by atoms with van der Waals surface area (Å²) in [6, 6.07) is 17.0. The Morgan fingerprint density at radius 3 is 2.60 bits per heavy atom. The molecule has 50 heavy (non-hydrogen) atoms. The van der Waals surface area contributed by atoms with Gasteiger partial charge in [0.25, 0.3) is 0 Å². The number of nitrogens with zero attached hydrogens (tertiary/aromatic N) is 2. The minimum atomic E-state index is -0.847. The number of hydrogen-bond donors (Lipinski definition) is 2. The first-order chi connectivity index (χ1) is 24.2. The first kappa shape index (κ1) is 35.4. The lowest BCUT2D eigenvalue weighted by molar-refractivity contribution is -0.145. The van der Waals surface area contributed by atoms with E-state index in [0.717, 1.165) is 62.6 Å². The topological polar surface area (TPSA) is 128 Å². The van der Waals surface area contributed by atoms with Crippen LogP contribution in [0.1, 0.15) is 47.9 Å². The number of fused-ring (bicyclic) bond motifs is 1. The molecule has 2 N–H and O–H groups in total. The van der Waals surface area contributed by atoms with Crippen LogP contribution < -0.4 is 18.9 Å². The van der Waals surface area contributed by atoms with Crippen molar-refractivity contribution in [2.24, 2.45) is 0 Å². The average molecular weight is 719 g/mol. The molecule has 0 unspecified atom stereocenters. The molecular formula is C38H39ClN2O8S. The molecule has 1 aromatic heterocycles. The van der Waals surface area contributed by atoms with E-state index in [4.69, 9.17) is 35.7 Å². The van der Waals surface area contributed by atoms with Gasteiger partial charge in [0.2, 0.25) is 0 Å². The summed E-state index contributed by atoms with van der Waals surface area (Å²) >= 11 is 8.25. The third-order valence-corrected chi connectivity index (χ3v) is 10.1. The standard InChI is InChI=1S/C38H39ClN2O8S/c1-24-27(5-4-6-30(24)26-8-9-33-36(17-26)47-13-12-46-33)23-49-35-18-34(48-22-25-15-29(20-40-19-25)50-14-10-37(42)43)28(16-31(35)39)21-41-11-3-2-7-32(41)38(44)45/h4-6,8-9,15-20,32H,2-3,7,10-14,21-23H2,1H3,(H,42,43)(H,44,45)/t32-/m0/s1. The number of pyridine rings is 1. The van der Waals surface area contributed by atoms with Crippen molar-refractivity contribution >= 4 is 35.3 Å². The highest BCUT2D eigenvalue weighted by atomic mass is 35.5. The first-order valence-corrected chi connectivity index (χ1v) is 17.9. The normalized spacial score (nSPS) is 15.8. The van der Waals surface area contributed by atoms with Gasteiger partial charge < -0.3 is 29.2 Å². The van der Waals surface area contributed by atoms with Crippen molar-refractivity contribution in [1.29, 1.82) is 0 Å². The molecule has 1 saturated heterocycles. The maximum Gasteiger partial charge on any atom is 0.320 e. The van der Waals surface area contributed by atoms with Gasteiger partial charge in [0.15, 0.2) is 11.5 Å². The van der Waals surface area contributed by atoms with E-state index in [9.17, 15) is 14.7 Å². The minimum absolute atomic E-state index is 0.0539. The Hall–Kier alpha value is -4.45. The predicted molar refractivity (Wildman–Crippen MR) is 191 cm³/mol. The smallest absolute Gasteiger partial charge is 0.320 e. The summed E-state index contributed by atoms with van der Waals surface area (Å²) in [5, 5.41) is 19.3. The van der Waals surface area contributed by atoms with Gasteiger partial charge in [0.1, 0.15) is 44.0 Å². The van der Waals surface area contributed by atoms with Crippen molar-refractivity contribution < 1.29 is 38.7 Å². The predicted octanol–water partition coefficient (Wildman–Crippen LogP) is 7.65. The highest BCUT2D eigenvalue weighted by molar-refractivity contribution is 7.99. The number of likely N-dealkylation sites (tertiary alicyclic amines) is 1. The first-order valence-electron chi connectivity index (χ1n) is 16.6. The zero-order chi connectivity index (χ0) is 35.0. The minimum Gasteiger partial charge on any atom is -0.488 e. The Balaban J connectivity index is 1.23. The third kappa shape index (κ3) is 8.82. The van der Waals surface area contributed by atoms with Crippen LogP contribution in [0.3, 0.4) is 0 Å². The molecule has 262 valence electrons. The van der Waals surface area contributed by atoms with E-state index in [0.29, 0.717) is 55.0 Å². The van der Waals surface area contributed by atoms with E-state index in [-0.39, 0.29) is 19.6 Å². The Bertz CT molecular complexity index is 1850. The molecule has 0 radical (unpaired) electrons. The lowest BCUT2D eigenvalue weighted by atomic mass is 9.96. The molecule has 12 heteroatoms. The number of hydrogen-bond acceptors (Lipinski definition) is 9. The number of aromatic nitrogens is 1. The molecule has 2 aliphatic heterocycles. The molecule has 0 bridgehead atoms. The fourth-order valence-corrected chi connectivity index (χ4v) is 7.30. The number of piperidine rings is 1. The van der Waals surface area contributed by atoms with Crippen molar-refractivity contribution in [2.75, 3.05) is 25.5 Å². The molecule has 0 spiro atoms. The molecule has 0 aliphatic carbocycles. The molecule has 0 amide bonds. The second-order valence-corrected chi connectivity index (χ2v) is 13.8. The van der Waals surface area contributed by atoms with Gasteiger partial charge in [-0.3, -0.25) is 19.5 Å². The third-order valence-electron chi connectivity index (χ3n) is 8.82. The molecule has 3 heterocycles. The van der Waals surface area contributed by atoms with Crippen molar-refractivity contribution in [1.82, 2.24) is 9.88 Å². The van der Waals surface area contributed by atoms with Gasteiger partial charge in [0, 0.05) is 46.8 Å². The Morgan fingerprint density at radius 2 is 1.78 bits per heavy atom. The molecule has 10 nitrogen and oxygen atoms in total. The number of rotatable bonds is 14. The summed E-state index contributed by atoms with van der Waals surface area (Å²) in [6.45, 7) is 4.57. The van der Waals surface area contributed by atoms with Crippen LogP contribution in [0.15, 0.2) is 71.9 Å². The van der Waals surface area contributed by atoms with Crippen molar-refractivity contribution in [3.63, 3.8) is 0 Å². The highest BCUT2D eigenvalue weighted by Gasteiger charge is 2.29. The van der Waals surface area contributed by atoms with E-state index in [2.05, 4.69) is 18.0 Å². The van der Waals surface area contributed by atoms with E-state index >= 15 is 0 Å². The van der Waals surface area contributed by atoms with Gasteiger partial charge in [-0.15, -0.1) is 11.8 Å². The second kappa shape index (κ2) is 16.5. The number of halogens is 1. The highest BCUT2D eigenvalue weighted by Crippen LogP contribution is 2.38. The summed E-state index contributed by atoms with van der Waals surface area (Å²) < 4.78 is 24.2. The molecule has 2 aliphatic rings. The summed E-state index contributed by atoms with van der Waals surface area (Å²) in [5.41, 5.74) is 5.68. The van der Waals surface area contributed by atoms with Gasteiger partial charge in [-0.2, -0.15) is 0 Å². The van der Waals surface area contributed by atoms with Crippen molar-refractivity contribution in [3.8, 4) is 34.1 Å². The number of benzene rings is 3. The van der Waals surface area contributed by atoms with Gasteiger partial charge in [-0.25, -0.2) is 0 Å². The van der Waals surface area contributed by atoms with Crippen LogP contribution in [0.25, 0.3) is 11.1 Å². The molecule has 3 aromatic carbocycles. The lowest BCUT2D eigenvalue weighted by Crippen LogP contribution is -2.44. The van der Waals surface area contributed by atoms with E-state index < -0.39 is 18.0 Å². The Labute approximate surface area is 300 Å². The van der Waals surface area contributed by atoms with Crippen LogP contribution in [-0.4, -0.2) is 63.6 Å². The molecule has 4 aromatic rings. The fourth-order valence-electron chi connectivity index (χ4n) is 6.18. The fraction of sp³-hybridized carbons (Fsp3) is 0.342. The molecule has 1 fully saturated rings. The maximum absolute atomic E-state index is 12.1. The lowest BCUT2D eigenvalue weighted by Gasteiger charge is -2.33. The van der Waals surface area contributed by atoms with Crippen LogP contribution in [0.5, 0.6) is 23.0 Å². The van der Waals surface area contributed by atoms with Gasteiger partial charge in [-0.1, -0.05) is 42.3 Å². The van der Waals surface area contributed by atoms with Crippen LogP contribution in [-0.2, 0) is 29.3 Å². The van der Waals surface area contributed by atoms with Gasteiger partial charge in [0.05, 0.1) is 11.4 Å². The largest absolute Gasteiger partial charge is 0.488 e. The Kier molecular flexibility index (Phi) is 11.7. The van der Waals surface area contributed by atoms with Crippen LogP contribution in [0, 0.1) is 6.92 Å². The van der Waals surface area contributed by atoms with Crippen LogP contribution in [0.2, 0.25) is 5.02 Å². The zero-order valence-electron chi connectivity index (χ0n) is 27.7. The summed E-state index contributed by atoms with van der Waals surface area (Å²) in [7, 11) is 0. The van der Waals surface area contributed by atoms with Crippen molar-refractivity contribution in [3.05, 3.63) is 94.3 Å². The SMILES string of the molecule is Cc1c(COc2cc(OCc3cncc(SCCC(=O)O)c3)c(CN3CCCC[C@H]3C(=O)O)cc2Cl)cccc1-c1ccc2c(c1)OCCO2. The zero-order valence-corrected chi connectivity index (χ0v) is 29.3. The molecule has 0 saturated carbocycles. The van der Waals surface area contributed by atoms with E-state index in [1.807, 2.05) is 41.3 Å². The van der Waals surface area contributed by atoms with E-state index in [1.54, 1.807) is 24.5 Å². The summed E-state index contributed by atoms with van der Waals surface area (Å²) in [4.78, 5) is 30.1. The molecular weight excluding hydrogens is 680 g/mol. The molecule has 6 rings (SSSR count). The number of carbonyl (C=O) groups is 2. The molecule has 1 atom stereocenters. The number of ether oxygens (including phenoxy) is 4.